The van der Waals surface area contributed by atoms with Crippen LogP contribution in [0.5, 0.6) is 0 Å². The van der Waals surface area contributed by atoms with Gasteiger partial charge in [0, 0.05) is 23.7 Å². The summed E-state index contributed by atoms with van der Waals surface area (Å²) in [6.45, 7) is 23.7. The van der Waals surface area contributed by atoms with Gasteiger partial charge in [-0.2, -0.15) is 0 Å². The molecule has 0 N–H and O–H groups in total. The van der Waals surface area contributed by atoms with Crippen molar-refractivity contribution < 1.29 is 19.2 Å². The van der Waals surface area contributed by atoms with Crippen LogP contribution in [0.25, 0.3) is 0 Å². The fourth-order valence-corrected chi connectivity index (χ4v) is 9.71. The Labute approximate surface area is 479 Å². The van der Waals surface area contributed by atoms with Crippen LogP contribution in [0.15, 0.2) is 50.6 Å². The number of carbonyl (C=O) groups excluding carboxylic acids is 4. The van der Waals surface area contributed by atoms with E-state index in [1.807, 2.05) is 0 Å². The second-order valence-electron chi connectivity index (χ2n) is 20.6. The topological polar surface area (TPSA) is 68.3 Å². The van der Waals surface area contributed by atoms with Gasteiger partial charge in [0.2, 0.25) is 0 Å². The lowest BCUT2D eigenvalue weighted by Gasteiger charge is -2.07. The highest BCUT2D eigenvalue weighted by molar-refractivity contribution is 7.97. The van der Waals surface area contributed by atoms with E-state index < -0.39 is 0 Å². The van der Waals surface area contributed by atoms with Crippen LogP contribution >= 0.6 is 50.5 Å². The summed E-state index contributed by atoms with van der Waals surface area (Å²) in [6, 6.07) is 0. The first-order valence-electron chi connectivity index (χ1n) is 30.3. The molecule has 0 saturated heterocycles. The van der Waals surface area contributed by atoms with Crippen LogP contribution in [0.1, 0.15) is 318 Å². The molecule has 0 saturated carbocycles. The van der Waals surface area contributed by atoms with Gasteiger partial charge in [-0.15, -0.1) is 76.8 Å². The molecule has 4 atom stereocenters. The highest BCUT2D eigenvalue weighted by atomic mass is 32.1. The van der Waals surface area contributed by atoms with Gasteiger partial charge >= 0.3 is 0 Å². The monoisotopic (exact) mass is 1100 g/mol. The van der Waals surface area contributed by atoms with Crippen LogP contribution in [0.2, 0.25) is 0 Å². The maximum absolute atomic E-state index is 11.1. The fraction of sp³-hybridized carbons (Fsp3) is 0.815. The van der Waals surface area contributed by atoms with Crippen LogP contribution < -0.4 is 0 Å². The van der Waals surface area contributed by atoms with Crippen LogP contribution in [0.3, 0.4) is 0 Å². The molecule has 0 heterocycles. The largest absolute Gasteiger partial charge is 0.287 e. The molecule has 0 aromatic rings. The first-order chi connectivity index (χ1) is 34.9. The zero-order valence-corrected chi connectivity index (χ0v) is 51.6. The maximum atomic E-state index is 11.1. The Morgan fingerprint density at radius 2 is 0.370 bits per heavy atom. The second kappa shape index (κ2) is 69.1. The summed E-state index contributed by atoms with van der Waals surface area (Å²) in [5.74, 6) is -0.158. The predicted octanol–water partition coefficient (Wildman–Crippen LogP) is 22.9. The number of allylic oxidation sites excluding steroid dienone is 4. The van der Waals surface area contributed by atoms with E-state index in [1.165, 1.54) is 231 Å². The van der Waals surface area contributed by atoms with E-state index in [9.17, 15) is 19.2 Å². The molecule has 0 aromatic carbocycles. The highest BCUT2D eigenvalue weighted by Crippen LogP contribution is 2.20. The van der Waals surface area contributed by atoms with Gasteiger partial charge in [0.15, 0.2) is 20.5 Å². The molecular formula is C65H124O4S4. The molecule has 0 spiro atoms. The van der Waals surface area contributed by atoms with Crippen LogP contribution in [0, 0.1) is 23.7 Å². The van der Waals surface area contributed by atoms with E-state index in [-0.39, 0.29) is 51.6 Å². The van der Waals surface area contributed by atoms with Gasteiger partial charge in [0.1, 0.15) is 0 Å². The fourth-order valence-electron chi connectivity index (χ4n) is 8.78. The van der Waals surface area contributed by atoms with Crippen molar-refractivity contribution in [3.63, 3.8) is 0 Å². The lowest BCUT2D eigenvalue weighted by molar-refractivity contribution is -0.113. The van der Waals surface area contributed by atoms with Crippen molar-refractivity contribution in [3.05, 3.63) is 50.6 Å². The number of hydrogen-bond acceptors (Lipinski definition) is 4. The predicted molar refractivity (Wildman–Crippen MR) is 343 cm³/mol. The summed E-state index contributed by atoms with van der Waals surface area (Å²) in [4.78, 5) is 44.2. The molecule has 0 rings (SSSR count). The van der Waals surface area contributed by atoms with Crippen molar-refractivity contribution in [2.24, 2.45) is 23.7 Å². The van der Waals surface area contributed by atoms with Crippen LogP contribution in [-0.2, 0) is 19.2 Å². The molecule has 0 aliphatic rings. The second-order valence-corrected chi connectivity index (χ2v) is 22.4. The SMILES string of the molecule is C.C=CC(CCCCCCCCCCCC)C(=O)S.C=CC(CCCCCCCCCCCC)C(=O)S.C=CC(CCCCCCCCCCCC)C(=O)S.C=CC(CCCCCCCCCCCC)C(=O)S. The van der Waals surface area contributed by atoms with E-state index in [1.54, 1.807) is 24.3 Å². The minimum Gasteiger partial charge on any atom is -0.287 e. The van der Waals surface area contributed by atoms with E-state index in [0.717, 1.165) is 51.4 Å². The molecule has 8 heteroatoms. The molecule has 0 fully saturated rings. The van der Waals surface area contributed by atoms with Crippen molar-refractivity contribution in [1.29, 1.82) is 0 Å². The number of carbonyl (C=O) groups is 4. The molecule has 73 heavy (non-hydrogen) atoms. The summed E-state index contributed by atoms with van der Waals surface area (Å²) in [6.07, 6.45) is 63.8. The van der Waals surface area contributed by atoms with Gasteiger partial charge in [-0.25, -0.2) is 0 Å². The van der Waals surface area contributed by atoms with Crippen molar-refractivity contribution >= 4 is 71.0 Å². The Bertz CT molecular complexity index is 1040. The first kappa shape index (κ1) is 80.9. The maximum Gasteiger partial charge on any atom is 0.192 e. The van der Waals surface area contributed by atoms with Gasteiger partial charge in [-0.1, -0.05) is 316 Å². The molecule has 0 bridgehead atoms. The van der Waals surface area contributed by atoms with Gasteiger partial charge < -0.3 is 0 Å². The average Bonchev–Trinajstić information content (AvgIpc) is 3.36. The lowest BCUT2D eigenvalue weighted by Crippen LogP contribution is -2.04. The summed E-state index contributed by atoms with van der Waals surface area (Å²) in [7, 11) is 0. The normalized spacial score (nSPS) is 12.2. The summed E-state index contributed by atoms with van der Waals surface area (Å²) in [5, 5.41) is -0.163. The minimum absolute atomic E-state index is 0. The summed E-state index contributed by atoms with van der Waals surface area (Å²) >= 11 is 15.4. The van der Waals surface area contributed by atoms with Gasteiger partial charge in [-0.3, -0.25) is 19.2 Å². The number of unbranched alkanes of at least 4 members (excludes halogenated alkanes) is 36. The van der Waals surface area contributed by atoms with Crippen molar-refractivity contribution in [3.8, 4) is 0 Å². The van der Waals surface area contributed by atoms with Crippen LogP contribution in [0.4, 0.5) is 0 Å². The van der Waals surface area contributed by atoms with E-state index >= 15 is 0 Å². The Kier molecular flexibility index (Phi) is 76.5. The standard InChI is InChI=1S/4C16H30OS.CH4/c4*1-3-5-6-7-8-9-10-11-12-13-14-15(4-2)16(17)18;/h4*4,15H,2-3,5-14H2,1H3,(H,17,18);1H4. The third kappa shape index (κ3) is 67.1. The molecule has 0 aromatic heterocycles. The van der Waals surface area contributed by atoms with Gasteiger partial charge in [0.25, 0.3) is 0 Å². The number of hydrogen-bond donors (Lipinski definition) is 4. The Morgan fingerprint density at radius 1 is 0.260 bits per heavy atom. The third-order valence-corrected chi connectivity index (χ3v) is 15.2. The molecule has 0 aliphatic carbocycles. The lowest BCUT2D eigenvalue weighted by atomic mass is 10.0. The first-order valence-corrected chi connectivity index (χ1v) is 32.1. The summed E-state index contributed by atoms with van der Waals surface area (Å²) < 4.78 is 0. The average molecular weight is 1100 g/mol. The Hall–Kier alpha value is -0.960. The minimum atomic E-state index is -0.0408. The molecule has 4 nitrogen and oxygen atoms in total. The van der Waals surface area contributed by atoms with Crippen molar-refractivity contribution in [2.75, 3.05) is 0 Å². The van der Waals surface area contributed by atoms with E-state index in [4.69, 9.17) is 0 Å². The van der Waals surface area contributed by atoms with Crippen molar-refractivity contribution in [2.45, 2.75) is 318 Å². The Balaban J connectivity index is -0.000000280. The molecule has 0 aliphatic heterocycles. The number of rotatable bonds is 52. The van der Waals surface area contributed by atoms with E-state index in [2.05, 4.69) is 105 Å². The zero-order chi connectivity index (χ0) is 54.6. The Morgan fingerprint density at radius 3 is 0.466 bits per heavy atom. The third-order valence-electron chi connectivity index (χ3n) is 13.9. The van der Waals surface area contributed by atoms with Crippen molar-refractivity contribution in [1.82, 2.24) is 0 Å². The quantitative estimate of drug-likeness (QED) is 0.0278. The molecule has 432 valence electrons. The van der Waals surface area contributed by atoms with Gasteiger partial charge in [0.05, 0.1) is 0 Å². The smallest absolute Gasteiger partial charge is 0.192 e. The van der Waals surface area contributed by atoms with Crippen LogP contribution in [-0.4, -0.2) is 20.5 Å². The molecule has 0 amide bonds. The van der Waals surface area contributed by atoms with Gasteiger partial charge in [-0.05, 0) is 25.7 Å². The van der Waals surface area contributed by atoms with E-state index in [0.29, 0.717) is 0 Å². The zero-order valence-electron chi connectivity index (χ0n) is 48.0. The summed E-state index contributed by atoms with van der Waals surface area (Å²) in [5.41, 5.74) is 0. The number of thiol groups is 4. The molecule has 4 unspecified atom stereocenters. The molecule has 0 radical (unpaired) electrons. The highest BCUT2D eigenvalue weighted by Gasteiger charge is 2.12. The molecular weight excluding hydrogens is 973 g/mol.